The highest BCUT2D eigenvalue weighted by atomic mass is 28.3. The number of carbonyl (C=O) groups is 2. The maximum absolute atomic E-state index is 13.5. The molecule has 1 saturated heterocycles. The number of ether oxygens (including phenoxy) is 1. The Morgan fingerprint density at radius 1 is 1.12 bits per heavy atom. The molecule has 0 bridgehead atoms. The van der Waals surface area contributed by atoms with Crippen LogP contribution < -0.4 is 17.0 Å². The average molecular weight is 607 g/mol. The Morgan fingerprint density at radius 3 is 2.29 bits per heavy atom. The van der Waals surface area contributed by atoms with E-state index in [2.05, 4.69) is 19.6 Å². The molecule has 0 aromatic carbocycles. The lowest BCUT2D eigenvalue weighted by Crippen LogP contribution is -2.59. The summed E-state index contributed by atoms with van der Waals surface area (Å²) >= 11 is 0. The molecular formula is C28H46N6O7Si. The number of nitrogen functional groups attached to an aromatic ring is 1. The topological polar surface area (TPSA) is 184 Å². The Kier molecular flexibility index (Phi) is 9.10. The molecule has 2 saturated carbocycles. The van der Waals surface area contributed by atoms with Crippen LogP contribution in [-0.4, -0.2) is 86.0 Å². The van der Waals surface area contributed by atoms with Crippen LogP contribution in [0.3, 0.4) is 0 Å². The zero-order valence-electron chi connectivity index (χ0n) is 25.3. The third kappa shape index (κ3) is 5.93. The van der Waals surface area contributed by atoms with E-state index >= 15 is 0 Å². The first kappa shape index (κ1) is 32.0. The fraction of sp³-hybridized carbons (Fsp3) is 0.750. The van der Waals surface area contributed by atoms with Gasteiger partial charge in [-0.15, -0.1) is 0 Å². The van der Waals surface area contributed by atoms with Crippen molar-refractivity contribution in [2.45, 2.75) is 114 Å². The zero-order valence-corrected chi connectivity index (χ0v) is 26.3. The first-order chi connectivity index (χ1) is 19.7. The quantitative estimate of drug-likeness (QED) is 0.0917. The number of aliphatic hydroxyl groups is 1. The number of unbranched alkanes of at least 4 members (excludes halogenated alkanes) is 1. The number of amidine groups is 1. The monoisotopic (exact) mass is 606 g/mol. The molecule has 3 aliphatic rings. The number of rotatable bonds is 12. The highest BCUT2D eigenvalue weighted by molar-refractivity contribution is 6.76. The van der Waals surface area contributed by atoms with Crippen LogP contribution in [0.5, 0.6) is 5.88 Å². The maximum atomic E-state index is 13.5. The number of urea groups is 1. The molecule has 3 fully saturated rings. The van der Waals surface area contributed by atoms with Crippen molar-refractivity contribution in [2.24, 2.45) is 5.73 Å². The molecule has 1 aliphatic heterocycles. The Hall–Kier alpha value is -2.97. The molecule has 3 amide bonds. The number of β-amino-alcohol motifs (C(OH)–C–C–N with tert-alkyl or cyclic N) is 1. The van der Waals surface area contributed by atoms with Gasteiger partial charge in [0.05, 0.1) is 12.1 Å². The van der Waals surface area contributed by atoms with E-state index in [0.717, 1.165) is 32.9 Å². The number of hydrogen-bond donors (Lipinski definition) is 4. The molecule has 0 unspecified atom stereocenters. The third-order valence-corrected chi connectivity index (χ3v) is 10.8. The second-order valence-electron chi connectivity index (χ2n) is 13.4. The van der Waals surface area contributed by atoms with E-state index in [1.807, 2.05) is 6.92 Å². The van der Waals surface area contributed by atoms with Crippen molar-refractivity contribution in [1.82, 2.24) is 18.9 Å². The largest absolute Gasteiger partial charge is 0.494 e. The van der Waals surface area contributed by atoms with Gasteiger partial charge in [-0.2, -0.15) is 0 Å². The van der Waals surface area contributed by atoms with Gasteiger partial charge in [-0.1, -0.05) is 33.0 Å². The summed E-state index contributed by atoms with van der Waals surface area (Å²) in [5, 5.41) is 30.0. The Labute approximate surface area is 246 Å². The van der Waals surface area contributed by atoms with Gasteiger partial charge in [-0.25, -0.2) is 14.5 Å². The van der Waals surface area contributed by atoms with Gasteiger partial charge in [0.15, 0.2) is 0 Å². The van der Waals surface area contributed by atoms with E-state index in [1.54, 1.807) is 0 Å². The van der Waals surface area contributed by atoms with Crippen LogP contribution in [0.2, 0.25) is 25.7 Å². The van der Waals surface area contributed by atoms with Crippen molar-refractivity contribution in [1.29, 1.82) is 5.41 Å². The van der Waals surface area contributed by atoms with E-state index in [-0.39, 0.29) is 51.4 Å². The molecule has 0 atom stereocenters. The Balaban J connectivity index is 1.50. The van der Waals surface area contributed by atoms with Crippen LogP contribution in [0.1, 0.15) is 76.3 Å². The minimum atomic E-state index is -1.33. The SMILES string of the molecule is CCCCn1c(O)c(C(=N)N)c(=O)n(C2CCC(O)(CN3C(=O)N(COCC[Si](C)(C)C)C(=O)C34CCC4)CC2)c1=O. The van der Waals surface area contributed by atoms with Crippen LogP contribution >= 0.6 is 0 Å². The van der Waals surface area contributed by atoms with Crippen molar-refractivity contribution in [3.05, 3.63) is 26.4 Å². The van der Waals surface area contributed by atoms with Gasteiger partial charge in [-0.3, -0.25) is 24.1 Å². The number of carbonyl (C=O) groups excluding carboxylic acids is 2. The standard InChI is InChI=1S/C28H46N6O7Si/c1-5-6-14-31-22(35)20(21(29)30)23(36)34(26(31)39)19-8-12-27(40,13-9-19)17-33-25(38)32(18-41-15-16-42(2,3)4)24(37)28(33)10-7-11-28/h19,35,40H,5-18H2,1-4H3,(H3,29,30). The molecule has 1 aromatic heterocycles. The summed E-state index contributed by atoms with van der Waals surface area (Å²) in [5.41, 5.74) is 1.43. The molecule has 4 rings (SSSR count). The van der Waals surface area contributed by atoms with Crippen LogP contribution in [0.15, 0.2) is 9.59 Å². The minimum Gasteiger partial charge on any atom is -0.494 e. The smallest absolute Gasteiger partial charge is 0.334 e. The fourth-order valence-corrected chi connectivity index (χ4v) is 6.99. The molecule has 1 spiro atoms. The number of nitrogens with two attached hydrogens (primary N) is 1. The fourth-order valence-electron chi connectivity index (χ4n) is 6.23. The number of aromatic hydroxyl groups is 1. The van der Waals surface area contributed by atoms with E-state index in [1.165, 1.54) is 4.90 Å². The number of aromatic nitrogens is 2. The van der Waals surface area contributed by atoms with Crippen LogP contribution in [0, 0.1) is 5.41 Å². The van der Waals surface area contributed by atoms with Crippen molar-refractivity contribution < 1.29 is 24.5 Å². The molecule has 2 aliphatic carbocycles. The highest BCUT2D eigenvalue weighted by Crippen LogP contribution is 2.46. The number of nitrogens with one attached hydrogen (secondary N) is 1. The normalized spacial score (nSPS) is 24.0. The van der Waals surface area contributed by atoms with Gasteiger partial charge in [-0.05, 0) is 57.4 Å². The molecule has 42 heavy (non-hydrogen) atoms. The Morgan fingerprint density at radius 2 is 1.76 bits per heavy atom. The molecular weight excluding hydrogens is 560 g/mol. The second-order valence-corrected chi connectivity index (χ2v) is 19.0. The summed E-state index contributed by atoms with van der Waals surface area (Å²) in [7, 11) is -1.33. The van der Waals surface area contributed by atoms with Gasteiger partial charge in [0, 0.05) is 27.3 Å². The second kappa shape index (κ2) is 12.0. The molecule has 234 valence electrons. The molecule has 14 heteroatoms. The lowest BCUT2D eigenvalue weighted by molar-refractivity contribution is -0.142. The molecule has 0 radical (unpaired) electrons. The van der Waals surface area contributed by atoms with E-state index in [4.69, 9.17) is 15.9 Å². The van der Waals surface area contributed by atoms with Gasteiger partial charge in [0.1, 0.15) is 23.7 Å². The number of nitrogens with zero attached hydrogens (tertiary/aromatic N) is 4. The van der Waals surface area contributed by atoms with Gasteiger partial charge < -0.3 is 25.6 Å². The van der Waals surface area contributed by atoms with Crippen LogP contribution in [0.4, 0.5) is 4.79 Å². The van der Waals surface area contributed by atoms with Crippen LogP contribution in [-0.2, 0) is 16.1 Å². The first-order valence-electron chi connectivity index (χ1n) is 15.0. The van der Waals surface area contributed by atoms with E-state index in [0.29, 0.717) is 25.9 Å². The summed E-state index contributed by atoms with van der Waals surface area (Å²) in [6.45, 7) is 9.13. The summed E-state index contributed by atoms with van der Waals surface area (Å²) in [5.74, 6) is -1.50. The van der Waals surface area contributed by atoms with E-state index < -0.39 is 59.8 Å². The summed E-state index contributed by atoms with van der Waals surface area (Å²) in [4.78, 5) is 56.1. The van der Waals surface area contributed by atoms with Gasteiger partial charge in [0.2, 0.25) is 5.88 Å². The lowest BCUT2D eigenvalue weighted by Gasteiger charge is -2.46. The van der Waals surface area contributed by atoms with Crippen molar-refractivity contribution >= 4 is 25.8 Å². The highest BCUT2D eigenvalue weighted by Gasteiger charge is 2.61. The van der Waals surface area contributed by atoms with E-state index in [9.17, 15) is 29.4 Å². The number of amides is 3. The minimum absolute atomic E-state index is 0.0282. The summed E-state index contributed by atoms with van der Waals surface area (Å²) in [6, 6.07) is -0.120. The lowest BCUT2D eigenvalue weighted by atomic mass is 9.74. The average Bonchev–Trinajstić information content (AvgIpc) is 3.07. The molecule has 13 nitrogen and oxygen atoms in total. The zero-order chi connectivity index (χ0) is 31.0. The van der Waals surface area contributed by atoms with Crippen LogP contribution in [0.25, 0.3) is 0 Å². The molecule has 1 aromatic rings. The molecule has 2 heterocycles. The maximum Gasteiger partial charge on any atom is 0.334 e. The summed E-state index contributed by atoms with van der Waals surface area (Å²) in [6.07, 6.45) is 4.11. The first-order valence-corrected chi connectivity index (χ1v) is 18.7. The number of imide groups is 1. The predicted octanol–water partition coefficient (Wildman–Crippen LogP) is 2.15. The van der Waals surface area contributed by atoms with Gasteiger partial charge in [0.25, 0.3) is 11.5 Å². The summed E-state index contributed by atoms with van der Waals surface area (Å²) < 4.78 is 7.86. The third-order valence-electron chi connectivity index (χ3n) is 9.08. The molecule has 5 N–H and O–H groups in total. The Bertz CT molecular complexity index is 1340. The van der Waals surface area contributed by atoms with Crippen molar-refractivity contribution in [3.8, 4) is 5.88 Å². The predicted molar refractivity (Wildman–Crippen MR) is 160 cm³/mol. The number of hydrogen-bond acceptors (Lipinski definition) is 8. The van der Waals surface area contributed by atoms with Crippen molar-refractivity contribution in [3.63, 3.8) is 0 Å². The van der Waals surface area contributed by atoms with Crippen molar-refractivity contribution in [2.75, 3.05) is 19.9 Å². The van der Waals surface area contributed by atoms with Gasteiger partial charge >= 0.3 is 11.7 Å².